The molecule has 8 heteroatoms. The van der Waals surface area contributed by atoms with Crippen LogP contribution >= 0.6 is 12.4 Å². The van der Waals surface area contributed by atoms with E-state index in [2.05, 4.69) is 0 Å². The van der Waals surface area contributed by atoms with Crippen molar-refractivity contribution in [2.75, 3.05) is 0 Å². The van der Waals surface area contributed by atoms with Crippen LogP contribution in [0.25, 0.3) is 0 Å². The Kier molecular flexibility index (Phi) is 5.69. The molecule has 0 heterocycles. The summed E-state index contributed by atoms with van der Waals surface area (Å²) in [5.74, 6) is 0. The molecule has 0 unspecified atom stereocenters. The molecule has 0 bridgehead atoms. The molecular formula is C13H17ClF3NO2S. The lowest BCUT2D eigenvalue weighted by molar-refractivity contribution is -0.138. The lowest BCUT2D eigenvalue weighted by atomic mass is 10.1. The van der Waals surface area contributed by atoms with Gasteiger partial charge in [0.05, 0.1) is 15.7 Å². The van der Waals surface area contributed by atoms with Gasteiger partial charge in [0.2, 0.25) is 0 Å². The molecule has 0 saturated heterocycles. The fraction of sp³-hybridized carbons (Fsp3) is 0.538. The maximum Gasteiger partial charge on any atom is 0.416 e. The summed E-state index contributed by atoms with van der Waals surface area (Å²) in [5.41, 5.74) is 4.23. The molecule has 0 aromatic heterocycles. The quantitative estimate of drug-likeness (QED) is 0.916. The Labute approximate surface area is 128 Å². The highest BCUT2D eigenvalue weighted by atomic mass is 35.5. The fourth-order valence-electron chi connectivity index (χ4n) is 2.57. The Morgan fingerprint density at radius 1 is 1.19 bits per heavy atom. The molecule has 0 radical (unpaired) electrons. The zero-order chi connectivity index (χ0) is 15.0. The van der Waals surface area contributed by atoms with E-state index in [-0.39, 0.29) is 29.4 Å². The molecule has 0 atom stereocenters. The van der Waals surface area contributed by atoms with Gasteiger partial charge in [0.1, 0.15) is 0 Å². The Morgan fingerprint density at radius 3 is 2.24 bits per heavy atom. The van der Waals surface area contributed by atoms with Crippen LogP contribution in [0, 0.1) is 0 Å². The average Bonchev–Trinajstić information content (AvgIpc) is 2.91. The first-order valence-electron chi connectivity index (χ1n) is 6.41. The summed E-state index contributed by atoms with van der Waals surface area (Å²) in [6, 6.07) is 3.10. The van der Waals surface area contributed by atoms with E-state index in [1.807, 2.05) is 0 Å². The second-order valence-corrected chi connectivity index (χ2v) is 7.20. The largest absolute Gasteiger partial charge is 0.416 e. The van der Waals surface area contributed by atoms with Crippen molar-refractivity contribution in [3.05, 3.63) is 29.3 Å². The van der Waals surface area contributed by atoms with Crippen molar-refractivity contribution in [2.45, 2.75) is 48.5 Å². The van der Waals surface area contributed by atoms with Gasteiger partial charge in [-0.3, -0.25) is 0 Å². The molecule has 1 aromatic rings. The molecule has 0 amide bonds. The minimum absolute atomic E-state index is 0. The first-order chi connectivity index (χ1) is 9.26. The number of hydrogen-bond acceptors (Lipinski definition) is 3. The van der Waals surface area contributed by atoms with E-state index < -0.39 is 26.8 Å². The van der Waals surface area contributed by atoms with Crippen molar-refractivity contribution in [2.24, 2.45) is 5.73 Å². The summed E-state index contributed by atoms with van der Waals surface area (Å²) in [6.07, 6.45) is -1.96. The van der Waals surface area contributed by atoms with Crippen LogP contribution in [0.4, 0.5) is 13.2 Å². The summed E-state index contributed by atoms with van der Waals surface area (Å²) in [5, 5.41) is -0.563. The molecule has 21 heavy (non-hydrogen) atoms. The van der Waals surface area contributed by atoms with Crippen molar-refractivity contribution in [3.8, 4) is 0 Å². The molecule has 1 saturated carbocycles. The number of nitrogens with two attached hydrogens (primary N) is 1. The van der Waals surface area contributed by atoms with Crippen LogP contribution in [0.15, 0.2) is 23.1 Å². The minimum atomic E-state index is -4.60. The van der Waals surface area contributed by atoms with Crippen molar-refractivity contribution in [1.82, 2.24) is 0 Å². The molecule has 120 valence electrons. The Morgan fingerprint density at radius 2 is 1.76 bits per heavy atom. The number of sulfone groups is 1. The second-order valence-electron chi connectivity index (χ2n) is 4.97. The van der Waals surface area contributed by atoms with E-state index in [0.717, 1.165) is 25.0 Å². The van der Waals surface area contributed by atoms with Gasteiger partial charge in [-0.1, -0.05) is 18.9 Å². The average molecular weight is 344 g/mol. The van der Waals surface area contributed by atoms with Gasteiger partial charge in [0, 0.05) is 6.54 Å². The normalized spacial score (nSPS) is 16.8. The van der Waals surface area contributed by atoms with Gasteiger partial charge < -0.3 is 5.73 Å². The van der Waals surface area contributed by atoms with Crippen LogP contribution in [-0.2, 0) is 22.6 Å². The van der Waals surface area contributed by atoms with Crippen molar-refractivity contribution in [3.63, 3.8) is 0 Å². The van der Waals surface area contributed by atoms with E-state index in [9.17, 15) is 21.6 Å². The first kappa shape index (κ1) is 18.3. The summed E-state index contributed by atoms with van der Waals surface area (Å²) in [4.78, 5) is -0.256. The lowest BCUT2D eigenvalue weighted by Crippen LogP contribution is -2.20. The van der Waals surface area contributed by atoms with Gasteiger partial charge in [-0.15, -0.1) is 12.4 Å². The molecule has 3 nitrogen and oxygen atoms in total. The maximum atomic E-state index is 12.9. The Balaban J connectivity index is 0.00000220. The zero-order valence-electron chi connectivity index (χ0n) is 11.2. The van der Waals surface area contributed by atoms with E-state index >= 15 is 0 Å². The third kappa shape index (κ3) is 3.70. The Hall–Kier alpha value is -0.790. The van der Waals surface area contributed by atoms with Gasteiger partial charge in [-0.25, -0.2) is 8.42 Å². The highest BCUT2D eigenvalue weighted by Gasteiger charge is 2.36. The Bertz CT molecular complexity index is 596. The molecule has 0 aliphatic heterocycles. The van der Waals surface area contributed by atoms with Gasteiger partial charge in [0.15, 0.2) is 9.84 Å². The van der Waals surface area contributed by atoms with Crippen LogP contribution in [0.1, 0.15) is 36.8 Å². The number of hydrogen-bond donors (Lipinski definition) is 1. The third-order valence-electron chi connectivity index (χ3n) is 3.68. The summed E-state index contributed by atoms with van der Waals surface area (Å²) < 4.78 is 63.4. The van der Waals surface area contributed by atoms with Crippen LogP contribution in [0.3, 0.4) is 0 Å². The fourth-order valence-corrected chi connectivity index (χ4v) is 4.44. The molecule has 2 N–H and O–H groups in total. The van der Waals surface area contributed by atoms with E-state index in [0.29, 0.717) is 12.8 Å². The van der Waals surface area contributed by atoms with Crippen LogP contribution in [0.2, 0.25) is 0 Å². The zero-order valence-corrected chi connectivity index (χ0v) is 12.8. The van der Waals surface area contributed by atoms with E-state index in [4.69, 9.17) is 5.73 Å². The number of rotatable bonds is 3. The highest BCUT2D eigenvalue weighted by Crippen LogP contribution is 2.36. The van der Waals surface area contributed by atoms with Crippen LogP contribution in [-0.4, -0.2) is 13.7 Å². The number of benzene rings is 1. The second kappa shape index (κ2) is 6.54. The summed E-state index contributed by atoms with van der Waals surface area (Å²) in [7, 11) is -3.69. The molecule has 1 fully saturated rings. The van der Waals surface area contributed by atoms with Crippen LogP contribution in [0.5, 0.6) is 0 Å². The van der Waals surface area contributed by atoms with Crippen molar-refractivity contribution < 1.29 is 21.6 Å². The van der Waals surface area contributed by atoms with Gasteiger partial charge >= 0.3 is 6.18 Å². The standard InChI is InChI=1S/C13H16F3NO2S.ClH/c14-13(15,16)12-7-11(6-5-9(12)8-17)20(18,19)10-3-1-2-4-10;/h5-7,10H,1-4,8,17H2;1H. The number of halogens is 4. The summed E-state index contributed by atoms with van der Waals surface area (Å²) >= 11 is 0. The molecule has 2 rings (SSSR count). The highest BCUT2D eigenvalue weighted by molar-refractivity contribution is 7.92. The molecule has 1 aromatic carbocycles. The molecule has 1 aliphatic carbocycles. The minimum Gasteiger partial charge on any atom is -0.326 e. The van der Waals surface area contributed by atoms with Gasteiger partial charge in [0.25, 0.3) is 0 Å². The predicted octanol–water partition coefficient (Wildman–Crippen LogP) is 3.30. The maximum absolute atomic E-state index is 12.9. The number of alkyl halides is 3. The van der Waals surface area contributed by atoms with Crippen molar-refractivity contribution in [1.29, 1.82) is 0 Å². The third-order valence-corrected chi connectivity index (χ3v) is 5.94. The van der Waals surface area contributed by atoms with Gasteiger partial charge in [-0.2, -0.15) is 13.2 Å². The summed E-state index contributed by atoms with van der Waals surface area (Å²) in [6.45, 7) is -0.279. The van der Waals surface area contributed by atoms with E-state index in [1.165, 1.54) is 6.07 Å². The SMILES string of the molecule is Cl.NCc1ccc(S(=O)(=O)C2CCCC2)cc1C(F)(F)F. The van der Waals surface area contributed by atoms with Gasteiger partial charge in [-0.05, 0) is 30.5 Å². The first-order valence-corrected chi connectivity index (χ1v) is 7.95. The van der Waals surface area contributed by atoms with Crippen LogP contribution < -0.4 is 5.73 Å². The monoisotopic (exact) mass is 343 g/mol. The molecule has 1 aliphatic rings. The topological polar surface area (TPSA) is 60.2 Å². The smallest absolute Gasteiger partial charge is 0.326 e. The van der Waals surface area contributed by atoms with Crippen molar-refractivity contribution >= 4 is 22.2 Å². The predicted molar refractivity (Wildman–Crippen MR) is 76.0 cm³/mol. The lowest BCUT2D eigenvalue weighted by Gasteiger charge is -2.16. The molecular weight excluding hydrogens is 327 g/mol. The van der Waals surface area contributed by atoms with E-state index in [1.54, 1.807) is 0 Å². The molecule has 0 spiro atoms.